The van der Waals surface area contributed by atoms with Gasteiger partial charge in [-0.1, -0.05) is 38.1 Å². The van der Waals surface area contributed by atoms with Crippen molar-refractivity contribution in [1.29, 1.82) is 0 Å². The molecule has 3 unspecified atom stereocenters. The molecule has 258 valence electrons. The van der Waals surface area contributed by atoms with E-state index in [9.17, 15) is 38.0 Å². The quantitative estimate of drug-likeness (QED) is 0.107. The third kappa shape index (κ3) is 11.0. The van der Waals surface area contributed by atoms with Crippen molar-refractivity contribution in [3.8, 4) is 5.75 Å². The molecule has 47 heavy (non-hydrogen) atoms. The predicted octanol–water partition coefficient (Wildman–Crippen LogP) is 5.48. The first kappa shape index (κ1) is 39.2. The van der Waals surface area contributed by atoms with Crippen molar-refractivity contribution < 1.29 is 47.0 Å². The van der Waals surface area contributed by atoms with Gasteiger partial charge in [-0.25, -0.2) is 4.79 Å². The Morgan fingerprint density at radius 3 is 2.40 bits per heavy atom. The maximum absolute atomic E-state index is 14.1. The van der Waals surface area contributed by atoms with Crippen LogP contribution >= 0.6 is 12.4 Å². The fourth-order valence-electron chi connectivity index (χ4n) is 4.92. The molecule has 2 aromatic rings. The molecule has 3 rings (SSSR count). The van der Waals surface area contributed by atoms with E-state index < -0.39 is 57.9 Å². The summed E-state index contributed by atoms with van der Waals surface area (Å²) in [5, 5.41) is 24.6. The van der Waals surface area contributed by atoms with Crippen LogP contribution in [-0.2, 0) is 25.5 Å². The minimum Gasteiger partial charge on any atom is -0.491 e. The number of aliphatic imine (C=N–C) groups is 1. The number of carbonyl (C=O) groups excluding carboxylic acids is 2. The molecule has 0 radical (unpaired) electrons. The van der Waals surface area contributed by atoms with E-state index in [4.69, 9.17) is 14.2 Å². The molecule has 11 nitrogen and oxygen atoms in total. The molecular weight excluding hydrogens is 647 g/mol. The zero-order chi connectivity index (χ0) is 34.0. The molecule has 0 aliphatic carbocycles. The van der Waals surface area contributed by atoms with Crippen LogP contribution in [0.3, 0.4) is 0 Å². The molecule has 2 aromatic carbocycles. The van der Waals surface area contributed by atoms with Crippen LogP contribution in [0.5, 0.6) is 5.75 Å². The highest BCUT2D eigenvalue weighted by molar-refractivity contribution is 6.07. The number of esters is 2. The van der Waals surface area contributed by atoms with E-state index in [0.717, 1.165) is 17.7 Å². The summed E-state index contributed by atoms with van der Waals surface area (Å²) in [6.07, 6.45) is -4.89. The standard InChI is InChI=1S/C32H38F3N3O8.ClH/c1-5-44-31(41)28-27(22-9-6-10-23(16-22)38(42)43)26(20(4)37-29(28)32(33,34)35)30(40)45-15-7-8-21-11-13-25(14-12-21)46-18-24(39)17-36-19(2)3;/h6,9-14,16,19,24,26-27,36,39H,5,7-8,15,17-18H2,1-4H3;1H. The summed E-state index contributed by atoms with van der Waals surface area (Å²) in [6.45, 7) is 6.75. The Kier molecular flexibility index (Phi) is 14.8. The Hall–Kier alpha value is -4.01. The summed E-state index contributed by atoms with van der Waals surface area (Å²) in [7, 11) is 0. The second-order valence-corrected chi connectivity index (χ2v) is 11.0. The number of ether oxygens (including phenoxy) is 3. The number of aliphatic hydroxyl groups excluding tert-OH is 1. The van der Waals surface area contributed by atoms with Crippen LogP contribution in [0.1, 0.15) is 51.2 Å². The van der Waals surface area contributed by atoms with Crippen LogP contribution in [0, 0.1) is 16.0 Å². The molecule has 1 aliphatic heterocycles. The Bertz CT molecular complexity index is 1450. The first-order chi connectivity index (χ1) is 21.7. The Morgan fingerprint density at radius 2 is 1.81 bits per heavy atom. The summed E-state index contributed by atoms with van der Waals surface area (Å²) < 4.78 is 58.4. The number of non-ortho nitro benzene ring substituents is 1. The Labute approximate surface area is 276 Å². The number of carbonyl (C=O) groups is 2. The van der Waals surface area contributed by atoms with Crippen LogP contribution in [0.4, 0.5) is 18.9 Å². The fourth-order valence-corrected chi connectivity index (χ4v) is 4.92. The van der Waals surface area contributed by atoms with Gasteiger partial charge >= 0.3 is 18.1 Å². The molecule has 15 heteroatoms. The van der Waals surface area contributed by atoms with Gasteiger partial charge in [-0.05, 0) is 49.9 Å². The van der Waals surface area contributed by atoms with E-state index in [2.05, 4.69) is 10.3 Å². The van der Waals surface area contributed by atoms with Gasteiger partial charge in [0, 0.05) is 36.3 Å². The summed E-state index contributed by atoms with van der Waals surface area (Å²) in [5.74, 6) is -4.78. The molecule has 2 N–H and O–H groups in total. The lowest BCUT2D eigenvalue weighted by Gasteiger charge is -2.32. The fraction of sp³-hybridized carbons (Fsp3) is 0.469. The monoisotopic (exact) mass is 685 g/mol. The first-order valence-corrected chi connectivity index (χ1v) is 14.8. The Morgan fingerprint density at radius 1 is 1.13 bits per heavy atom. The van der Waals surface area contributed by atoms with Gasteiger partial charge in [-0.15, -0.1) is 12.4 Å². The topological polar surface area (TPSA) is 150 Å². The lowest BCUT2D eigenvalue weighted by molar-refractivity contribution is -0.384. The number of nitrogens with one attached hydrogen (secondary N) is 1. The highest BCUT2D eigenvalue weighted by Crippen LogP contribution is 2.45. The number of alkyl halides is 3. The second-order valence-electron chi connectivity index (χ2n) is 11.0. The van der Waals surface area contributed by atoms with E-state index in [0.29, 0.717) is 25.1 Å². The molecule has 3 atom stereocenters. The average Bonchev–Trinajstić information content (AvgIpc) is 3.00. The van der Waals surface area contributed by atoms with Gasteiger partial charge in [0.1, 0.15) is 24.4 Å². The number of nitrogens with zero attached hydrogens (tertiary/aromatic N) is 2. The number of nitro groups is 1. The van der Waals surface area contributed by atoms with Gasteiger partial charge in [0.05, 0.1) is 23.7 Å². The van der Waals surface area contributed by atoms with Crippen LogP contribution in [-0.4, -0.2) is 72.4 Å². The van der Waals surface area contributed by atoms with Crippen molar-refractivity contribution in [1.82, 2.24) is 5.32 Å². The Balaban J connectivity index is 0.00000768. The third-order valence-corrected chi connectivity index (χ3v) is 7.08. The smallest absolute Gasteiger partial charge is 0.433 e. The molecule has 0 bridgehead atoms. The third-order valence-electron chi connectivity index (χ3n) is 7.08. The lowest BCUT2D eigenvalue weighted by Crippen LogP contribution is -2.39. The first-order valence-electron chi connectivity index (χ1n) is 14.8. The van der Waals surface area contributed by atoms with Gasteiger partial charge in [0.2, 0.25) is 0 Å². The molecule has 0 saturated carbocycles. The molecule has 0 saturated heterocycles. The van der Waals surface area contributed by atoms with Crippen LogP contribution < -0.4 is 10.1 Å². The zero-order valence-corrected chi connectivity index (χ0v) is 27.2. The highest BCUT2D eigenvalue weighted by atomic mass is 35.5. The van der Waals surface area contributed by atoms with Crippen LogP contribution in [0.25, 0.3) is 0 Å². The van der Waals surface area contributed by atoms with E-state index in [1.54, 1.807) is 12.1 Å². The number of hydrogen-bond donors (Lipinski definition) is 2. The number of rotatable bonds is 15. The van der Waals surface area contributed by atoms with Crippen LogP contribution in [0.15, 0.2) is 64.8 Å². The minimum absolute atomic E-state index is 0. The summed E-state index contributed by atoms with van der Waals surface area (Å²) >= 11 is 0. The highest BCUT2D eigenvalue weighted by Gasteiger charge is 2.50. The van der Waals surface area contributed by atoms with Crippen LogP contribution in [0.2, 0.25) is 0 Å². The number of benzene rings is 2. The average molecular weight is 686 g/mol. The predicted molar refractivity (Wildman–Crippen MR) is 170 cm³/mol. The lowest BCUT2D eigenvalue weighted by atomic mass is 9.75. The summed E-state index contributed by atoms with van der Waals surface area (Å²) in [4.78, 5) is 40.7. The van der Waals surface area contributed by atoms with Gasteiger partial charge in [-0.3, -0.25) is 19.9 Å². The number of allylic oxidation sites excluding steroid dienone is 1. The summed E-state index contributed by atoms with van der Waals surface area (Å²) in [6, 6.07) is 12.1. The van der Waals surface area contributed by atoms with Gasteiger partial charge in [0.15, 0.2) is 5.70 Å². The van der Waals surface area contributed by atoms with Crippen molar-refractivity contribution in [2.45, 2.75) is 64.8 Å². The zero-order valence-electron chi connectivity index (χ0n) is 26.4. The van der Waals surface area contributed by atoms with E-state index >= 15 is 0 Å². The molecule has 0 aromatic heterocycles. The molecular formula is C32H39ClF3N3O8. The van der Waals surface area contributed by atoms with Gasteiger partial charge < -0.3 is 24.6 Å². The van der Waals surface area contributed by atoms with E-state index in [-0.39, 0.29) is 49.5 Å². The maximum atomic E-state index is 14.1. The van der Waals surface area contributed by atoms with Crippen molar-refractivity contribution >= 4 is 35.7 Å². The molecule has 0 spiro atoms. The van der Waals surface area contributed by atoms with E-state index in [1.165, 1.54) is 26.0 Å². The normalized spacial score (nSPS) is 17.0. The molecule has 1 aliphatic rings. The van der Waals surface area contributed by atoms with Crippen molar-refractivity contribution in [3.63, 3.8) is 0 Å². The number of halogens is 4. The van der Waals surface area contributed by atoms with Crippen molar-refractivity contribution in [3.05, 3.63) is 81.0 Å². The minimum atomic E-state index is -5.08. The number of hydrogen-bond acceptors (Lipinski definition) is 10. The van der Waals surface area contributed by atoms with Crippen molar-refractivity contribution in [2.75, 3.05) is 26.4 Å². The van der Waals surface area contributed by atoms with Gasteiger partial charge in [0.25, 0.3) is 5.69 Å². The molecule has 1 heterocycles. The summed E-state index contributed by atoms with van der Waals surface area (Å²) in [5.41, 5.74) is -2.31. The number of aliphatic hydroxyl groups is 1. The van der Waals surface area contributed by atoms with E-state index in [1.807, 2.05) is 26.0 Å². The molecule has 0 fully saturated rings. The SMILES string of the molecule is CCOC(=O)C1=C(C(F)(F)F)N=C(C)C(C(=O)OCCCc2ccc(OCC(O)CNC(C)C)cc2)C1c1cccc([N+](=O)[O-])c1.Cl. The van der Waals surface area contributed by atoms with Gasteiger partial charge in [-0.2, -0.15) is 13.2 Å². The van der Waals surface area contributed by atoms with Crippen molar-refractivity contribution in [2.24, 2.45) is 10.9 Å². The second kappa shape index (κ2) is 17.8. The number of aryl methyl sites for hydroxylation is 1. The number of nitro benzene ring substituents is 1. The largest absolute Gasteiger partial charge is 0.491 e. The maximum Gasteiger partial charge on any atom is 0.433 e. The molecule has 0 amide bonds.